The predicted octanol–water partition coefficient (Wildman–Crippen LogP) is 2.69. The second-order valence-corrected chi connectivity index (χ2v) is 5.93. The van der Waals surface area contributed by atoms with Crippen molar-refractivity contribution in [2.24, 2.45) is 10.7 Å². The first kappa shape index (κ1) is 18.4. The molecule has 0 amide bonds. The highest BCUT2D eigenvalue weighted by atomic mass is 32.2. The molecule has 1 rings (SSSR count). The summed E-state index contributed by atoms with van der Waals surface area (Å²) in [4.78, 5) is 15.4. The van der Waals surface area contributed by atoms with Gasteiger partial charge >= 0.3 is 0 Å². The van der Waals surface area contributed by atoms with Crippen molar-refractivity contribution in [1.82, 2.24) is 0 Å². The Bertz CT molecular complexity index is 729. The molecule has 0 radical (unpaired) electrons. The molecule has 0 fully saturated rings. The van der Waals surface area contributed by atoms with Crippen molar-refractivity contribution in [2.75, 3.05) is 6.26 Å². The van der Waals surface area contributed by atoms with Crippen LogP contribution in [0.25, 0.3) is 5.57 Å². The van der Waals surface area contributed by atoms with Gasteiger partial charge in [-0.2, -0.15) is 0 Å². The number of guanidine groups is 1. The van der Waals surface area contributed by atoms with Crippen LogP contribution in [0, 0.1) is 5.41 Å². The third kappa shape index (κ3) is 5.96. The summed E-state index contributed by atoms with van der Waals surface area (Å²) in [6, 6.07) is 6.93. The fourth-order valence-corrected chi connectivity index (χ4v) is 2.18. The number of benzene rings is 1. The van der Waals surface area contributed by atoms with E-state index in [0.717, 1.165) is 11.1 Å². The van der Waals surface area contributed by atoms with E-state index in [1.54, 1.807) is 36.4 Å². The van der Waals surface area contributed by atoms with E-state index in [1.807, 2.05) is 13.0 Å². The number of allylic oxidation sites excluding steroid dienone is 5. The summed E-state index contributed by atoms with van der Waals surface area (Å²) in [6.07, 6.45) is 8.21. The Labute approximate surface area is 138 Å². The summed E-state index contributed by atoms with van der Waals surface area (Å²) in [5.74, 6) is -0.279. The van der Waals surface area contributed by atoms with E-state index in [9.17, 15) is 9.00 Å². The number of carbonyl (C=O) groups excluding carboxylic acids is 1. The van der Waals surface area contributed by atoms with Crippen molar-refractivity contribution in [2.45, 2.75) is 6.92 Å². The Kier molecular flexibility index (Phi) is 7.02. The second-order valence-electron chi connectivity index (χ2n) is 4.65. The first-order chi connectivity index (χ1) is 10.8. The summed E-state index contributed by atoms with van der Waals surface area (Å²) in [7, 11) is -1.51. The lowest BCUT2D eigenvalue weighted by atomic mass is 10.1. The van der Waals surface area contributed by atoms with Gasteiger partial charge in [-0.15, -0.1) is 0 Å². The summed E-state index contributed by atoms with van der Waals surface area (Å²) in [5, 5.41) is 6.73. The van der Waals surface area contributed by atoms with Gasteiger partial charge in [0.2, 0.25) is 11.1 Å². The summed E-state index contributed by atoms with van der Waals surface area (Å²) in [6.45, 7) is 5.52. The number of nitrogens with zero attached hydrogens (tertiary/aromatic N) is 1. The van der Waals surface area contributed by atoms with Gasteiger partial charge < -0.3 is 5.73 Å². The van der Waals surface area contributed by atoms with Gasteiger partial charge in [0.15, 0.2) is 0 Å². The van der Waals surface area contributed by atoms with E-state index in [4.69, 9.17) is 11.1 Å². The molecule has 6 heteroatoms. The number of carbonyl (C=O) groups is 1. The van der Waals surface area contributed by atoms with Gasteiger partial charge in [-0.25, -0.2) is 4.99 Å². The zero-order valence-corrected chi connectivity index (χ0v) is 13.9. The van der Waals surface area contributed by atoms with Crippen LogP contribution >= 0.6 is 0 Å². The highest BCUT2D eigenvalue weighted by molar-refractivity contribution is 8.00. The van der Waals surface area contributed by atoms with E-state index in [2.05, 4.69) is 11.6 Å². The largest absolute Gasteiger partial charge is 0.368 e. The van der Waals surface area contributed by atoms with E-state index in [-0.39, 0.29) is 11.1 Å². The van der Waals surface area contributed by atoms with E-state index < -0.39 is 10.8 Å². The van der Waals surface area contributed by atoms with E-state index in [0.29, 0.717) is 11.3 Å². The Morgan fingerprint density at radius 3 is 2.35 bits per heavy atom. The zero-order valence-electron chi connectivity index (χ0n) is 13.1. The van der Waals surface area contributed by atoms with Crippen molar-refractivity contribution in [3.8, 4) is 0 Å². The number of nitrogens with one attached hydrogen (secondary N) is 1. The van der Waals surface area contributed by atoms with Gasteiger partial charge in [0.05, 0.1) is 16.5 Å². The van der Waals surface area contributed by atoms with Crippen LogP contribution < -0.4 is 5.73 Å². The number of nitrogens with two attached hydrogens (primary N) is 1. The average molecular weight is 329 g/mol. The fraction of sp³-hybridized carbons (Fsp3) is 0.118. The van der Waals surface area contributed by atoms with Gasteiger partial charge in [-0.1, -0.05) is 30.9 Å². The van der Waals surface area contributed by atoms with Crippen LogP contribution in [0.4, 0.5) is 0 Å². The monoisotopic (exact) mass is 329 g/mol. The fourth-order valence-electron chi connectivity index (χ4n) is 1.71. The molecule has 120 valence electrons. The molecular formula is C17H19N3O2S. The summed E-state index contributed by atoms with van der Waals surface area (Å²) < 4.78 is 11.2. The number of rotatable bonds is 5. The lowest BCUT2D eigenvalue weighted by Crippen LogP contribution is -2.07. The molecule has 0 aliphatic carbocycles. The minimum absolute atomic E-state index is 0.279. The topological polar surface area (TPSA) is 96.4 Å². The Morgan fingerprint density at radius 2 is 1.87 bits per heavy atom. The standard InChI is InChI=1S/C17H19N3O2S/c1-4-15(20-17(18)19)7-5-6-12(2)13-8-10-14(11-9-13)16(21)23(3)22/h4-11H,1H2,2-3H3,(H3,18,19)/b7-5-,12-6+,20-15?. The van der Waals surface area contributed by atoms with Gasteiger partial charge in [-0.05, 0) is 42.3 Å². The van der Waals surface area contributed by atoms with Gasteiger partial charge in [-0.3, -0.25) is 14.4 Å². The van der Waals surface area contributed by atoms with Gasteiger partial charge in [0.1, 0.15) is 0 Å². The molecule has 0 bridgehead atoms. The molecule has 1 unspecified atom stereocenters. The van der Waals surface area contributed by atoms with Crippen molar-refractivity contribution in [3.63, 3.8) is 0 Å². The molecule has 0 aliphatic heterocycles. The van der Waals surface area contributed by atoms with Crippen LogP contribution in [-0.4, -0.2) is 27.3 Å². The minimum atomic E-state index is -1.51. The maximum Gasteiger partial charge on any atom is 0.248 e. The van der Waals surface area contributed by atoms with Crippen LogP contribution in [-0.2, 0) is 10.8 Å². The quantitative estimate of drug-likeness (QED) is 0.494. The molecule has 5 nitrogen and oxygen atoms in total. The SMILES string of the molecule is C=CC(/C=C\C=C(/C)c1ccc(C(=O)S(C)=O)cc1)=NC(=N)N. The zero-order chi connectivity index (χ0) is 17.4. The lowest BCUT2D eigenvalue weighted by Gasteiger charge is -2.02. The van der Waals surface area contributed by atoms with Crippen LogP contribution in [0.1, 0.15) is 22.8 Å². The Balaban J connectivity index is 2.90. The first-order valence-corrected chi connectivity index (χ1v) is 8.29. The smallest absolute Gasteiger partial charge is 0.248 e. The third-order valence-corrected chi connectivity index (χ3v) is 3.67. The van der Waals surface area contributed by atoms with Gasteiger partial charge in [0.25, 0.3) is 0 Å². The van der Waals surface area contributed by atoms with Crippen molar-refractivity contribution in [1.29, 1.82) is 5.41 Å². The highest BCUT2D eigenvalue weighted by Gasteiger charge is 2.09. The van der Waals surface area contributed by atoms with Crippen molar-refractivity contribution >= 4 is 33.2 Å². The predicted molar refractivity (Wildman–Crippen MR) is 97.2 cm³/mol. The molecule has 23 heavy (non-hydrogen) atoms. The molecule has 0 heterocycles. The summed E-state index contributed by atoms with van der Waals surface area (Å²) in [5.41, 5.74) is 8.04. The molecule has 1 aromatic rings. The van der Waals surface area contributed by atoms with Crippen molar-refractivity contribution in [3.05, 3.63) is 66.3 Å². The maximum atomic E-state index is 11.6. The number of aliphatic imine (C=N–C) groups is 1. The third-order valence-electron chi connectivity index (χ3n) is 2.91. The molecule has 1 atom stereocenters. The molecule has 0 spiro atoms. The Morgan fingerprint density at radius 1 is 1.30 bits per heavy atom. The van der Waals surface area contributed by atoms with Crippen LogP contribution in [0.3, 0.4) is 0 Å². The average Bonchev–Trinajstić information content (AvgIpc) is 2.52. The molecular weight excluding hydrogens is 310 g/mol. The molecule has 1 aromatic carbocycles. The number of hydrogen-bond acceptors (Lipinski definition) is 3. The Hall–Kier alpha value is -2.60. The normalized spacial score (nSPS) is 13.8. The number of hydrogen-bond donors (Lipinski definition) is 2. The molecule has 0 saturated carbocycles. The van der Waals surface area contributed by atoms with Crippen LogP contribution in [0.2, 0.25) is 0 Å². The highest BCUT2D eigenvalue weighted by Crippen LogP contribution is 2.15. The molecule has 0 saturated heterocycles. The molecule has 0 aliphatic rings. The summed E-state index contributed by atoms with van der Waals surface area (Å²) >= 11 is 0. The van der Waals surface area contributed by atoms with Crippen molar-refractivity contribution < 1.29 is 9.00 Å². The van der Waals surface area contributed by atoms with Crippen LogP contribution in [0.15, 0.2) is 60.1 Å². The second kappa shape index (κ2) is 8.75. The first-order valence-electron chi connectivity index (χ1n) is 6.73. The lowest BCUT2D eigenvalue weighted by molar-refractivity contribution is 0.108. The molecule has 3 N–H and O–H groups in total. The van der Waals surface area contributed by atoms with E-state index in [1.165, 1.54) is 12.3 Å². The van der Waals surface area contributed by atoms with Crippen LogP contribution in [0.5, 0.6) is 0 Å². The maximum absolute atomic E-state index is 11.6. The minimum Gasteiger partial charge on any atom is -0.368 e. The van der Waals surface area contributed by atoms with Gasteiger partial charge in [0, 0.05) is 11.8 Å². The molecule has 0 aromatic heterocycles. The van der Waals surface area contributed by atoms with E-state index >= 15 is 0 Å².